The fourth-order valence-corrected chi connectivity index (χ4v) is 4.22. The van der Waals surface area contributed by atoms with Gasteiger partial charge in [0.2, 0.25) is 5.75 Å². The number of carbonyl (C=O) groups excluding carboxylic acids is 2. The molecule has 0 N–H and O–H groups in total. The van der Waals surface area contributed by atoms with E-state index < -0.39 is 5.60 Å². The minimum Gasteiger partial charge on any atom is -0.493 e. The number of benzene rings is 2. The number of ether oxygens (including phenoxy) is 5. The normalized spacial score (nSPS) is 18.2. The lowest BCUT2D eigenvalue weighted by molar-refractivity contribution is -0.161. The average molecular weight is 438 g/mol. The predicted octanol–water partition coefficient (Wildman–Crippen LogP) is 4.30. The average Bonchev–Trinajstić information content (AvgIpc) is 3.42. The molecule has 7 heteroatoms. The maximum atomic E-state index is 12.4. The van der Waals surface area contributed by atoms with Gasteiger partial charge in [-0.1, -0.05) is 18.6 Å². The van der Waals surface area contributed by atoms with Crippen molar-refractivity contribution in [1.82, 2.24) is 0 Å². The van der Waals surface area contributed by atoms with Gasteiger partial charge in [0, 0.05) is 11.1 Å². The first kappa shape index (κ1) is 20.7. The fraction of sp³-hybridized carbons (Fsp3) is 0.440. The van der Waals surface area contributed by atoms with Crippen molar-refractivity contribution in [2.75, 3.05) is 20.8 Å². The molecule has 0 spiro atoms. The molecule has 32 heavy (non-hydrogen) atoms. The van der Waals surface area contributed by atoms with Crippen LogP contribution >= 0.6 is 0 Å². The number of fused-ring (bicyclic) bond motifs is 1. The molecule has 5 rings (SSSR count). The monoisotopic (exact) mass is 438 g/mol. The summed E-state index contributed by atoms with van der Waals surface area (Å²) in [6.07, 6.45) is 4.45. The fourth-order valence-electron chi connectivity index (χ4n) is 4.22. The highest BCUT2D eigenvalue weighted by molar-refractivity contribution is 5.96. The van der Waals surface area contributed by atoms with Crippen LogP contribution in [0.15, 0.2) is 30.3 Å². The Morgan fingerprint density at radius 2 is 1.81 bits per heavy atom. The van der Waals surface area contributed by atoms with Gasteiger partial charge in [0.25, 0.3) is 0 Å². The van der Waals surface area contributed by atoms with Gasteiger partial charge in [-0.15, -0.1) is 0 Å². The Kier molecular flexibility index (Phi) is 5.19. The number of hydrogen-bond acceptors (Lipinski definition) is 7. The van der Waals surface area contributed by atoms with Crippen LogP contribution in [0.4, 0.5) is 0 Å². The predicted molar refractivity (Wildman–Crippen MR) is 115 cm³/mol. The van der Waals surface area contributed by atoms with Crippen molar-refractivity contribution in [2.24, 2.45) is 5.92 Å². The van der Waals surface area contributed by atoms with Crippen molar-refractivity contribution in [3.63, 3.8) is 0 Å². The van der Waals surface area contributed by atoms with E-state index in [0.29, 0.717) is 22.8 Å². The maximum Gasteiger partial charge on any atom is 0.338 e. The summed E-state index contributed by atoms with van der Waals surface area (Å²) in [6, 6.07) is 9.20. The molecule has 1 aliphatic heterocycles. The molecular formula is C25H26O7. The Labute approximate surface area is 186 Å². The molecule has 2 aliphatic carbocycles. The van der Waals surface area contributed by atoms with Crippen LogP contribution in [0.1, 0.15) is 48.0 Å². The van der Waals surface area contributed by atoms with E-state index in [4.69, 9.17) is 23.7 Å². The minimum atomic E-state index is -0.588. The van der Waals surface area contributed by atoms with Gasteiger partial charge in [-0.2, -0.15) is 0 Å². The van der Waals surface area contributed by atoms with E-state index in [-0.39, 0.29) is 31.1 Å². The van der Waals surface area contributed by atoms with Crippen molar-refractivity contribution >= 4 is 11.9 Å². The number of carbonyl (C=O) groups is 2. The zero-order chi connectivity index (χ0) is 22.3. The Morgan fingerprint density at radius 3 is 2.47 bits per heavy atom. The van der Waals surface area contributed by atoms with Crippen molar-refractivity contribution in [3.05, 3.63) is 41.5 Å². The number of cyclic esters (lactones) is 1. The first-order valence-corrected chi connectivity index (χ1v) is 11.0. The van der Waals surface area contributed by atoms with E-state index in [9.17, 15) is 9.59 Å². The summed E-state index contributed by atoms with van der Waals surface area (Å²) in [7, 11) is 3.12. The van der Waals surface area contributed by atoms with E-state index in [0.717, 1.165) is 48.8 Å². The SMILES string of the molecule is COc1ccc(-c2cccc3c2COC3=O)c(OCC2(OC(=O)C3CCC3)CC2)c1OC. The molecule has 2 fully saturated rings. The number of hydrogen-bond donors (Lipinski definition) is 0. The third kappa shape index (κ3) is 3.55. The molecule has 0 unspecified atom stereocenters. The van der Waals surface area contributed by atoms with E-state index in [1.807, 2.05) is 24.3 Å². The minimum absolute atomic E-state index is 0.0267. The second-order valence-corrected chi connectivity index (χ2v) is 8.61. The standard InChI is InChI=1S/C25H26O7/c1-28-20-10-9-17(16-7-4-8-18-19(16)13-30-24(18)27)21(22(20)29-2)31-14-25(11-12-25)32-23(26)15-5-3-6-15/h4,7-10,15H,3,5-6,11-14H2,1-2H3. The van der Waals surface area contributed by atoms with Crippen molar-refractivity contribution in [2.45, 2.75) is 44.3 Å². The second kappa shape index (κ2) is 8.04. The zero-order valence-electron chi connectivity index (χ0n) is 18.3. The Bertz CT molecular complexity index is 1070. The summed E-state index contributed by atoms with van der Waals surface area (Å²) in [5.41, 5.74) is 2.37. The molecule has 0 atom stereocenters. The van der Waals surface area contributed by atoms with Crippen LogP contribution in [-0.4, -0.2) is 38.4 Å². The molecule has 3 aliphatic rings. The molecule has 0 saturated heterocycles. The van der Waals surface area contributed by atoms with Gasteiger partial charge in [-0.05, 0) is 49.4 Å². The second-order valence-electron chi connectivity index (χ2n) is 8.61. The summed E-state index contributed by atoms with van der Waals surface area (Å²) in [4.78, 5) is 24.5. The summed E-state index contributed by atoms with van der Waals surface area (Å²) in [5, 5.41) is 0. The number of esters is 2. The summed E-state index contributed by atoms with van der Waals surface area (Å²) < 4.78 is 28.5. The molecule has 2 aromatic rings. The van der Waals surface area contributed by atoms with Crippen molar-refractivity contribution in [1.29, 1.82) is 0 Å². The topological polar surface area (TPSA) is 80.3 Å². The largest absolute Gasteiger partial charge is 0.493 e. The van der Waals surface area contributed by atoms with E-state index in [1.54, 1.807) is 20.3 Å². The Morgan fingerprint density at radius 1 is 1.03 bits per heavy atom. The van der Waals surface area contributed by atoms with Crippen LogP contribution in [0.3, 0.4) is 0 Å². The van der Waals surface area contributed by atoms with E-state index in [1.165, 1.54) is 0 Å². The van der Waals surface area contributed by atoms with Gasteiger partial charge in [0.1, 0.15) is 18.8 Å². The highest BCUT2D eigenvalue weighted by Gasteiger charge is 2.49. The molecule has 168 valence electrons. The summed E-state index contributed by atoms with van der Waals surface area (Å²) >= 11 is 0. The van der Waals surface area contributed by atoms with Gasteiger partial charge in [0.15, 0.2) is 11.5 Å². The first-order valence-electron chi connectivity index (χ1n) is 11.0. The maximum absolute atomic E-state index is 12.4. The summed E-state index contributed by atoms with van der Waals surface area (Å²) in [6.45, 7) is 0.438. The van der Waals surface area contributed by atoms with Gasteiger partial charge in [-0.25, -0.2) is 4.79 Å². The molecule has 1 heterocycles. The van der Waals surface area contributed by atoms with E-state index in [2.05, 4.69) is 0 Å². The molecule has 0 aromatic heterocycles. The zero-order valence-corrected chi connectivity index (χ0v) is 18.3. The van der Waals surface area contributed by atoms with E-state index >= 15 is 0 Å². The molecule has 0 radical (unpaired) electrons. The highest BCUT2D eigenvalue weighted by atomic mass is 16.6. The Hall–Kier alpha value is -3.22. The lowest BCUT2D eigenvalue weighted by Crippen LogP contribution is -2.33. The third-order valence-electron chi connectivity index (χ3n) is 6.58. The van der Waals surface area contributed by atoms with Gasteiger partial charge in [-0.3, -0.25) is 4.79 Å². The Balaban J connectivity index is 1.47. The van der Waals surface area contributed by atoms with Crippen LogP contribution in [0.2, 0.25) is 0 Å². The third-order valence-corrected chi connectivity index (χ3v) is 6.58. The van der Waals surface area contributed by atoms with Gasteiger partial charge in [0.05, 0.1) is 25.7 Å². The lowest BCUT2D eigenvalue weighted by atomic mass is 9.85. The molecule has 7 nitrogen and oxygen atoms in total. The van der Waals surface area contributed by atoms with Crippen molar-refractivity contribution in [3.8, 4) is 28.4 Å². The molecule has 2 saturated carbocycles. The number of methoxy groups -OCH3 is 2. The molecule has 0 bridgehead atoms. The van der Waals surface area contributed by atoms with Crippen LogP contribution in [-0.2, 0) is 20.9 Å². The van der Waals surface area contributed by atoms with Crippen LogP contribution in [0, 0.1) is 5.92 Å². The van der Waals surface area contributed by atoms with Gasteiger partial charge < -0.3 is 23.7 Å². The number of rotatable bonds is 8. The van der Waals surface area contributed by atoms with Crippen LogP contribution < -0.4 is 14.2 Å². The smallest absolute Gasteiger partial charge is 0.338 e. The summed E-state index contributed by atoms with van der Waals surface area (Å²) in [5.74, 6) is 1.05. The lowest BCUT2D eigenvalue weighted by Gasteiger charge is -2.27. The first-order chi connectivity index (χ1) is 15.5. The quantitative estimate of drug-likeness (QED) is 0.569. The molecule has 0 amide bonds. The highest BCUT2D eigenvalue weighted by Crippen LogP contribution is 2.48. The molecular weight excluding hydrogens is 412 g/mol. The van der Waals surface area contributed by atoms with Crippen LogP contribution in [0.5, 0.6) is 17.2 Å². The van der Waals surface area contributed by atoms with Crippen molar-refractivity contribution < 1.29 is 33.3 Å². The van der Waals surface area contributed by atoms with Crippen LogP contribution in [0.25, 0.3) is 11.1 Å². The molecule has 2 aromatic carbocycles. The van der Waals surface area contributed by atoms with Gasteiger partial charge >= 0.3 is 11.9 Å².